The molecule has 2 rings (SSSR count). The predicted molar refractivity (Wildman–Crippen MR) is 88.7 cm³/mol. The van der Waals surface area contributed by atoms with Gasteiger partial charge >= 0.3 is 0 Å². The first-order valence-electron chi connectivity index (χ1n) is 6.04. The number of halogens is 2. The zero-order valence-corrected chi connectivity index (χ0v) is 13.4. The molecule has 0 aliphatic heterocycles. The van der Waals surface area contributed by atoms with E-state index in [-0.39, 0.29) is 5.69 Å². The normalized spacial score (nSPS) is 10.4. The highest BCUT2D eigenvalue weighted by Crippen LogP contribution is 2.33. The average molecular weight is 343 g/mol. The molecule has 1 N–H and O–H groups in total. The Morgan fingerprint density at radius 3 is 2.67 bits per heavy atom. The fraction of sp³-hybridized carbons (Fsp3) is 0.143. The number of hydrogen-bond acceptors (Lipinski definition) is 4. The maximum atomic E-state index is 10.9. The van der Waals surface area contributed by atoms with Crippen LogP contribution in [0.1, 0.15) is 5.56 Å². The van der Waals surface area contributed by atoms with Gasteiger partial charge < -0.3 is 5.32 Å². The van der Waals surface area contributed by atoms with Crippen molar-refractivity contribution < 1.29 is 4.92 Å². The van der Waals surface area contributed by atoms with E-state index >= 15 is 0 Å². The Bertz CT molecular complexity index is 680. The Balaban J connectivity index is 2.17. The van der Waals surface area contributed by atoms with Gasteiger partial charge in [0, 0.05) is 28.8 Å². The molecule has 0 heterocycles. The van der Waals surface area contributed by atoms with E-state index in [4.69, 9.17) is 23.2 Å². The minimum Gasteiger partial charge on any atom is -0.383 e. The van der Waals surface area contributed by atoms with Gasteiger partial charge in [0.05, 0.1) is 9.95 Å². The second-order valence-electron chi connectivity index (χ2n) is 4.22. The SMILES string of the molecule is CNc1cc(CSc2cc(Cl)ccc2Cl)ccc1[N+](=O)[O-]. The van der Waals surface area contributed by atoms with E-state index in [0.717, 1.165) is 10.5 Å². The van der Waals surface area contributed by atoms with E-state index in [2.05, 4.69) is 5.32 Å². The first-order valence-corrected chi connectivity index (χ1v) is 7.78. The van der Waals surface area contributed by atoms with E-state index in [1.165, 1.54) is 17.8 Å². The predicted octanol–water partition coefficient (Wildman–Crippen LogP) is 5.24. The zero-order valence-electron chi connectivity index (χ0n) is 11.1. The van der Waals surface area contributed by atoms with Gasteiger partial charge in [-0.1, -0.05) is 29.3 Å². The number of hydrogen-bond donors (Lipinski definition) is 1. The second kappa shape index (κ2) is 7.02. The van der Waals surface area contributed by atoms with Crippen molar-refractivity contribution >= 4 is 46.3 Å². The molecule has 0 unspecified atom stereocenters. The summed E-state index contributed by atoms with van der Waals surface area (Å²) in [5, 5.41) is 15.0. The van der Waals surface area contributed by atoms with Crippen LogP contribution in [-0.4, -0.2) is 12.0 Å². The quantitative estimate of drug-likeness (QED) is 0.458. The molecule has 21 heavy (non-hydrogen) atoms. The summed E-state index contributed by atoms with van der Waals surface area (Å²) in [6.45, 7) is 0. The topological polar surface area (TPSA) is 55.2 Å². The van der Waals surface area contributed by atoms with Crippen molar-refractivity contribution in [2.75, 3.05) is 12.4 Å². The number of rotatable bonds is 5. The van der Waals surface area contributed by atoms with Crippen LogP contribution in [0.5, 0.6) is 0 Å². The number of nitro groups is 1. The highest BCUT2D eigenvalue weighted by molar-refractivity contribution is 7.98. The van der Waals surface area contributed by atoms with Gasteiger partial charge in [-0.3, -0.25) is 10.1 Å². The Labute approximate surface area is 136 Å². The van der Waals surface area contributed by atoms with Gasteiger partial charge in [-0.05, 0) is 29.8 Å². The molecule has 0 radical (unpaired) electrons. The van der Waals surface area contributed by atoms with Crippen LogP contribution in [-0.2, 0) is 5.75 Å². The number of nitrogens with zero attached hydrogens (tertiary/aromatic N) is 1. The summed E-state index contributed by atoms with van der Waals surface area (Å²) in [4.78, 5) is 11.4. The summed E-state index contributed by atoms with van der Waals surface area (Å²) in [6.07, 6.45) is 0. The zero-order chi connectivity index (χ0) is 15.4. The van der Waals surface area contributed by atoms with Gasteiger partial charge in [-0.25, -0.2) is 0 Å². The Morgan fingerprint density at radius 2 is 2.00 bits per heavy atom. The fourth-order valence-corrected chi connectivity index (χ4v) is 3.22. The third kappa shape index (κ3) is 4.03. The number of nitro benzene ring substituents is 1. The Hall–Kier alpha value is -1.43. The second-order valence-corrected chi connectivity index (χ2v) is 6.08. The molecule has 2 aromatic carbocycles. The van der Waals surface area contributed by atoms with Crippen molar-refractivity contribution in [1.82, 2.24) is 0 Å². The lowest BCUT2D eigenvalue weighted by atomic mass is 10.2. The van der Waals surface area contributed by atoms with Gasteiger partial charge in [0.2, 0.25) is 0 Å². The van der Waals surface area contributed by atoms with Crippen molar-refractivity contribution in [2.45, 2.75) is 10.6 Å². The van der Waals surface area contributed by atoms with Crippen LogP contribution in [0.2, 0.25) is 10.0 Å². The molecule has 0 aromatic heterocycles. The van der Waals surface area contributed by atoms with E-state index < -0.39 is 4.92 Å². The van der Waals surface area contributed by atoms with Gasteiger partial charge in [0.25, 0.3) is 5.69 Å². The van der Waals surface area contributed by atoms with E-state index in [0.29, 0.717) is 21.5 Å². The molecular formula is C14H12Cl2N2O2S. The van der Waals surface area contributed by atoms with Crippen LogP contribution >= 0.6 is 35.0 Å². The van der Waals surface area contributed by atoms with Gasteiger partial charge in [0.15, 0.2) is 0 Å². The first-order chi connectivity index (χ1) is 10.0. The summed E-state index contributed by atoms with van der Waals surface area (Å²) in [5.74, 6) is 0.646. The van der Waals surface area contributed by atoms with E-state index in [9.17, 15) is 10.1 Å². The maximum Gasteiger partial charge on any atom is 0.292 e. The number of benzene rings is 2. The van der Waals surface area contributed by atoms with E-state index in [1.807, 2.05) is 0 Å². The van der Waals surface area contributed by atoms with Gasteiger partial charge in [0.1, 0.15) is 5.69 Å². The molecular weight excluding hydrogens is 331 g/mol. The van der Waals surface area contributed by atoms with Crippen molar-refractivity contribution in [3.05, 3.63) is 62.1 Å². The highest BCUT2D eigenvalue weighted by atomic mass is 35.5. The van der Waals surface area contributed by atoms with Crippen molar-refractivity contribution in [1.29, 1.82) is 0 Å². The summed E-state index contributed by atoms with van der Waals surface area (Å²) in [5.41, 5.74) is 1.52. The lowest BCUT2D eigenvalue weighted by molar-refractivity contribution is -0.383. The minimum atomic E-state index is -0.406. The third-order valence-electron chi connectivity index (χ3n) is 2.81. The van der Waals surface area contributed by atoms with Crippen LogP contribution in [0.3, 0.4) is 0 Å². The Kier molecular flexibility index (Phi) is 5.33. The summed E-state index contributed by atoms with van der Waals surface area (Å²) in [6, 6.07) is 10.3. The molecule has 0 aliphatic carbocycles. The first kappa shape index (κ1) is 15.9. The van der Waals surface area contributed by atoms with Crippen LogP contribution < -0.4 is 5.32 Å². The molecule has 7 heteroatoms. The standard InChI is InChI=1S/C14H12Cl2N2O2S/c1-17-12-6-9(2-5-13(12)18(19)20)8-21-14-7-10(15)3-4-11(14)16/h2-7,17H,8H2,1H3. The molecule has 0 amide bonds. The number of thioether (sulfide) groups is 1. The van der Waals surface area contributed by atoms with E-state index in [1.54, 1.807) is 37.4 Å². The summed E-state index contributed by atoms with van der Waals surface area (Å²) < 4.78 is 0. The molecule has 0 aliphatic rings. The molecule has 0 spiro atoms. The number of anilines is 1. The van der Waals surface area contributed by atoms with Gasteiger partial charge in [-0.2, -0.15) is 0 Å². The van der Waals surface area contributed by atoms with Crippen LogP contribution in [0.25, 0.3) is 0 Å². The summed E-state index contributed by atoms with van der Waals surface area (Å²) >= 11 is 13.6. The largest absolute Gasteiger partial charge is 0.383 e. The van der Waals surface area contributed by atoms with Crippen LogP contribution in [0, 0.1) is 10.1 Å². The molecule has 0 saturated carbocycles. The molecule has 2 aromatic rings. The summed E-state index contributed by atoms with van der Waals surface area (Å²) in [7, 11) is 1.66. The molecule has 0 saturated heterocycles. The maximum absolute atomic E-state index is 10.9. The van der Waals surface area contributed by atoms with Crippen molar-refractivity contribution in [3.8, 4) is 0 Å². The molecule has 0 atom stereocenters. The molecule has 0 bridgehead atoms. The highest BCUT2D eigenvalue weighted by Gasteiger charge is 2.13. The lowest BCUT2D eigenvalue weighted by Gasteiger charge is -2.07. The fourth-order valence-electron chi connectivity index (χ4n) is 1.78. The monoisotopic (exact) mass is 342 g/mol. The smallest absolute Gasteiger partial charge is 0.292 e. The van der Waals surface area contributed by atoms with Crippen molar-refractivity contribution in [3.63, 3.8) is 0 Å². The average Bonchev–Trinajstić information content (AvgIpc) is 2.47. The molecule has 0 fully saturated rings. The molecule has 110 valence electrons. The van der Waals surface area contributed by atoms with Gasteiger partial charge in [-0.15, -0.1) is 11.8 Å². The lowest BCUT2D eigenvalue weighted by Crippen LogP contribution is -1.97. The Morgan fingerprint density at radius 1 is 1.24 bits per heavy atom. The number of nitrogens with one attached hydrogen (secondary N) is 1. The molecule has 4 nitrogen and oxygen atoms in total. The third-order valence-corrected chi connectivity index (χ3v) is 4.62. The van der Waals surface area contributed by atoms with Crippen LogP contribution in [0.4, 0.5) is 11.4 Å². The minimum absolute atomic E-state index is 0.0621. The van der Waals surface area contributed by atoms with Crippen molar-refractivity contribution in [2.24, 2.45) is 0 Å². The van der Waals surface area contributed by atoms with Crippen LogP contribution in [0.15, 0.2) is 41.3 Å².